The van der Waals surface area contributed by atoms with Gasteiger partial charge in [-0.3, -0.25) is 4.90 Å². The largest absolute Gasteiger partial charge is 0.394 e. The molecule has 2 heterocycles. The fourth-order valence-electron chi connectivity index (χ4n) is 3.94. The first-order valence-electron chi connectivity index (χ1n) is 9.51. The molecule has 1 aromatic carbocycles. The predicted octanol–water partition coefficient (Wildman–Crippen LogP) is 3.45. The summed E-state index contributed by atoms with van der Waals surface area (Å²) < 4.78 is 2.26. The quantitative estimate of drug-likeness (QED) is 0.779. The summed E-state index contributed by atoms with van der Waals surface area (Å²) >= 11 is 2.01. The van der Waals surface area contributed by atoms with Gasteiger partial charge in [0.1, 0.15) is 0 Å². The first-order valence-corrected chi connectivity index (χ1v) is 10.7. The average molecular weight is 375 g/mol. The van der Waals surface area contributed by atoms with E-state index in [0.717, 1.165) is 42.9 Å². The van der Waals surface area contributed by atoms with Gasteiger partial charge in [0.2, 0.25) is 0 Å². The first-order chi connectivity index (χ1) is 12.7. The molecule has 0 radical (unpaired) electrons. The molecule has 3 rings (SSSR count). The molecule has 26 heavy (non-hydrogen) atoms. The van der Waals surface area contributed by atoms with Crippen LogP contribution in [-0.4, -0.2) is 50.9 Å². The molecule has 1 aromatic heterocycles. The lowest BCUT2D eigenvalue weighted by molar-refractivity contribution is 0.223. The maximum Gasteiger partial charge on any atom is 0.0706 e. The number of aliphatic hydroxyl groups is 2. The van der Waals surface area contributed by atoms with Crippen LogP contribution < -0.4 is 0 Å². The molecule has 2 aromatic rings. The van der Waals surface area contributed by atoms with Crippen molar-refractivity contribution in [3.05, 3.63) is 47.2 Å². The number of aromatic nitrogens is 1. The summed E-state index contributed by atoms with van der Waals surface area (Å²) in [5, 5.41) is 20.2. The highest BCUT2D eigenvalue weighted by Crippen LogP contribution is 2.36. The minimum Gasteiger partial charge on any atom is -0.394 e. The second kappa shape index (κ2) is 9.09. The third-order valence-electron chi connectivity index (χ3n) is 5.43. The summed E-state index contributed by atoms with van der Waals surface area (Å²) in [6, 6.07) is 10.3. The number of hydrogen-bond donors (Lipinski definition) is 2. The van der Waals surface area contributed by atoms with Gasteiger partial charge in [0.15, 0.2) is 0 Å². The normalized spacial score (nSPS) is 16.8. The minimum atomic E-state index is 0.0256. The molecule has 5 heteroatoms. The zero-order valence-corrected chi connectivity index (χ0v) is 16.6. The molecule has 4 nitrogen and oxygen atoms in total. The lowest BCUT2D eigenvalue weighted by Crippen LogP contribution is -2.32. The fourth-order valence-corrected chi connectivity index (χ4v) is 4.92. The second-order valence-electron chi connectivity index (χ2n) is 6.92. The van der Waals surface area contributed by atoms with Crippen LogP contribution in [-0.2, 0) is 13.2 Å². The van der Waals surface area contributed by atoms with Gasteiger partial charge in [0.05, 0.1) is 24.9 Å². The van der Waals surface area contributed by atoms with Crippen LogP contribution >= 0.6 is 11.8 Å². The van der Waals surface area contributed by atoms with Crippen LogP contribution in [0.2, 0.25) is 0 Å². The van der Waals surface area contributed by atoms with Crippen LogP contribution in [0, 0.1) is 6.92 Å². The molecular weight excluding hydrogens is 344 g/mol. The fraction of sp³-hybridized carbons (Fsp3) is 0.524. The number of hydrogen-bond acceptors (Lipinski definition) is 4. The SMILES string of the molecule is CCC(CO)n1c(C)c(CN2CCSCC2)c(CO)c1-c1ccccc1. The number of thioether (sulfide) groups is 1. The maximum atomic E-state index is 10.3. The Balaban J connectivity index is 2.12. The van der Waals surface area contributed by atoms with E-state index in [-0.39, 0.29) is 19.3 Å². The highest BCUT2D eigenvalue weighted by molar-refractivity contribution is 7.99. The van der Waals surface area contributed by atoms with Crippen molar-refractivity contribution in [2.75, 3.05) is 31.2 Å². The topological polar surface area (TPSA) is 48.6 Å². The first kappa shape index (κ1) is 19.5. The van der Waals surface area contributed by atoms with E-state index < -0.39 is 0 Å². The molecule has 1 aliphatic heterocycles. The number of benzene rings is 1. The van der Waals surface area contributed by atoms with Crippen molar-refractivity contribution >= 4 is 11.8 Å². The Bertz CT molecular complexity index is 705. The highest BCUT2D eigenvalue weighted by atomic mass is 32.2. The van der Waals surface area contributed by atoms with Gasteiger partial charge in [-0.15, -0.1) is 0 Å². The molecular formula is C21H30N2O2S. The molecule has 1 unspecified atom stereocenters. The van der Waals surface area contributed by atoms with Gasteiger partial charge in [0.25, 0.3) is 0 Å². The third kappa shape index (κ3) is 3.86. The summed E-state index contributed by atoms with van der Waals surface area (Å²) in [5.41, 5.74) is 5.58. The molecule has 142 valence electrons. The van der Waals surface area contributed by atoms with Crippen LogP contribution in [0.3, 0.4) is 0 Å². The van der Waals surface area contributed by atoms with Crippen molar-refractivity contribution in [2.45, 2.75) is 39.5 Å². The molecule has 2 N–H and O–H groups in total. The number of rotatable bonds is 7. The summed E-state index contributed by atoms with van der Waals surface area (Å²) in [4.78, 5) is 2.48. The third-order valence-corrected chi connectivity index (χ3v) is 6.37. The Morgan fingerprint density at radius 1 is 1.08 bits per heavy atom. The Hall–Kier alpha value is -1.27. The molecule has 1 atom stereocenters. The molecule has 1 saturated heterocycles. The van der Waals surface area contributed by atoms with Crippen molar-refractivity contribution in [3.8, 4) is 11.3 Å². The van der Waals surface area contributed by atoms with Crippen LogP contribution in [0.25, 0.3) is 11.3 Å². The van der Waals surface area contributed by atoms with Crippen molar-refractivity contribution < 1.29 is 10.2 Å². The summed E-state index contributed by atoms with van der Waals surface area (Å²) in [6.45, 7) is 7.44. The van der Waals surface area contributed by atoms with E-state index in [0.29, 0.717) is 0 Å². The van der Waals surface area contributed by atoms with Crippen LogP contribution in [0.5, 0.6) is 0 Å². The Labute approximate surface area is 160 Å². The van der Waals surface area contributed by atoms with Crippen molar-refractivity contribution in [2.24, 2.45) is 0 Å². The summed E-state index contributed by atoms with van der Waals surface area (Å²) in [5.74, 6) is 2.35. The van der Waals surface area contributed by atoms with Gasteiger partial charge in [-0.25, -0.2) is 0 Å². The summed E-state index contributed by atoms with van der Waals surface area (Å²) in [6.07, 6.45) is 0.858. The highest BCUT2D eigenvalue weighted by Gasteiger charge is 2.26. The number of nitrogens with zero attached hydrogens (tertiary/aromatic N) is 2. The Morgan fingerprint density at radius 3 is 2.35 bits per heavy atom. The lowest BCUT2D eigenvalue weighted by Gasteiger charge is -2.26. The molecule has 0 bridgehead atoms. The molecule has 1 aliphatic rings. The number of aliphatic hydroxyl groups excluding tert-OH is 2. The van der Waals surface area contributed by atoms with Crippen molar-refractivity contribution in [1.82, 2.24) is 9.47 Å². The molecule has 1 fully saturated rings. The smallest absolute Gasteiger partial charge is 0.0706 e. The standard InChI is InChI=1S/C21H30N2O2S/c1-3-18(14-24)23-16(2)19(13-22-9-11-26-12-10-22)20(15-25)21(23)17-7-5-4-6-8-17/h4-8,18,24-25H,3,9-15H2,1-2H3. The zero-order chi connectivity index (χ0) is 18.5. The van der Waals surface area contributed by atoms with E-state index in [1.54, 1.807) is 0 Å². The van der Waals surface area contributed by atoms with Gasteiger partial charge in [0, 0.05) is 42.4 Å². The van der Waals surface area contributed by atoms with Crippen LogP contribution in [0.1, 0.15) is 36.2 Å². The summed E-state index contributed by atoms with van der Waals surface area (Å²) in [7, 11) is 0. The van der Waals surface area contributed by atoms with E-state index in [2.05, 4.69) is 35.4 Å². The van der Waals surface area contributed by atoms with Crippen LogP contribution in [0.4, 0.5) is 0 Å². The maximum absolute atomic E-state index is 10.3. The minimum absolute atomic E-state index is 0.0256. The van der Waals surface area contributed by atoms with E-state index in [4.69, 9.17) is 0 Å². The average Bonchev–Trinajstić information content (AvgIpc) is 2.96. The van der Waals surface area contributed by atoms with E-state index >= 15 is 0 Å². The van der Waals surface area contributed by atoms with Gasteiger partial charge in [-0.1, -0.05) is 37.3 Å². The van der Waals surface area contributed by atoms with Gasteiger partial charge in [-0.2, -0.15) is 11.8 Å². The molecule has 0 amide bonds. The predicted molar refractivity (Wildman–Crippen MR) is 110 cm³/mol. The molecule has 0 spiro atoms. The lowest BCUT2D eigenvalue weighted by atomic mass is 10.0. The molecule has 0 aliphatic carbocycles. The zero-order valence-electron chi connectivity index (χ0n) is 15.8. The van der Waals surface area contributed by atoms with E-state index in [1.807, 2.05) is 30.0 Å². The Kier molecular flexibility index (Phi) is 6.81. The second-order valence-corrected chi connectivity index (χ2v) is 8.14. The van der Waals surface area contributed by atoms with Gasteiger partial charge in [-0.05, 0) is 24.5 Å². The Morgan fingerprint density at radius 2 is 1.77 bits per heavy atom. The van der Waals surface area contributed by atoms with Crippen molar-refractivity contribution in [3.63, 3.8) is 0 Å². The monoisotopic (exact) mass is 374 g/mol. The van der Waals surface area contributed by atoms with E-state index in [9.17, 15) is 10.2 Å². The van der Waals surface area contributed by atoms with Crippen molar-refractivity contribution in [1.29, 1.82) is 0 Å². The van der Waals surface area contributed by atoms with Crippen LogP contribution in [0.15, 0.2) is 30.3 Å². The van der Waals surface area contributed by atoms with E-state index in [1.165, 1.54) is 22.8 Å². The van der Waals surface area contributed by atoms with Gasteiger partial charge < -0.3 is 14.8 Å². The molecule has 0 saturated carbocycles. The van der Waals surface area contributed by atoms with Gasteiger partial charge >= 0.3 is 0 Å².